The van der Waals surface area contributed by atoms with Gasteiger partial charge in [-0.05, 0) is 48.9 Å². The van der Waals surface area contributed by atoms with Crippen molar-refractivity contribution < 1.29 is 17.9 Å². The number of nitrogens with one attached hydrogen (secondary N) is 2. The molecule has 0 atom stereocenters. The molecule has 31 heavy (non-hydrogen) atoms. The number of benzene rings is 2. The lowest BCUT2D eigenvalue weighted by molar-refractivity contribution is -0.123. The van der Waals surface area contributed by atoms with Crippen LogP contribution in [-0.4, -0.2) is 37.0 Å². The first kappa shape index (κ1) is 22.9. The SMILES string of the molecule is O=C(COc1ccc(S(=O)(=O)Nc2ccc(Cl)cc2)cc1Cl)NCCCn1ccnc1. The Morgan fingerprint density at radius 2 is 1.90 bits per heavy atom. The lowest BCUT2D eigenvalue weighted by Gasteiger charge is -2.12. The zero-order valence-electron chi connectivity index (χ0n) is 16.3. The van der Waals surface area contributed by atoms with Crippen LogP contribution in [-0.2, 0) is 21.4 Å². The molecule has 0 radical (unpaired) electrons. The third kappa shape index (κ3) is 6.88. The summed E-state index contributed by atoms with van der Waals surface area (Å²) < 4.78 is 34.8. The van der Waals surface area contributed by atoms with Crippen LogP contribution in [0.15, 0.2) is 66.1 Å². The van der Waals surface area contributed by atoms with Gasteiger partial charge in [0.2, 0.25) is 0 Å². The van der Waals surface area contributed by atoms with Gasteiger partial charge in [-0.3, -0.25) is 9.52 Å². The Kier molecular flexibility index (Phi) is 7.78. The second-order valence-corrected chi connectivity index (χ2v) is 9.02. The summed E-state index contributed by atoms with van der Waals surface area (Å²) in [6.07, 6.45) is 6.00. The van der Waals surface area contributed by atoms with Gasteiger partial charge in [0, 0.05) is 36.2 Å². The highest BCUT2D eigenvalue weighted by atomic mass is 35.5. The van der Waals surface area contributed by atoms with Crippen molar-refractivity contribution in [3.8, 4) is 5.75 Å². The number of hydrogen-bond acceptors (Lipinski definition) is 5. The fourth-order valence-corrected chi connectivity index (χ4v) is 4.11. The zero-order valence-corrected chi connectivity index (χ0v) is 18.6. The molecule has 0 saturated heterocycles. The maximum absolute atomic E-state index is 12.5. The van der Waals surface area contributed by atoms with Crippen LogP contribution >= 0.6 is 23.2 Å². The number of rotatable bonds is 10. The van der Waals surface area contributed by atoms with E-state index >= 15 is 0 Å². The first-order valence-electron chi connectivity index (χ1n) is 9.27. The normalized spacial score (nSPS) is 11.2. The highest BCUT2D eigenvalue weighted by Crippen LogP contribution is 2.28. The second kappa shape index (κ2) is 10.5. The number of nitrogens with zero attached hydrogens (tertiary/aromatic N) is 2. The topological polar surface area (TPSA) is 102 Å². The summed E-state index contributed by atoms with van der Waals surface area (Å²) in [4.78, 5) is 15.8. The van der Waals surface area contributed by atoms with E-state index < -0.39 is 10.0 Å². The van der Waals surface area contributed by atoms with Gasteiger partial charge < -0.3 is 14.6 Å². The molecule has 0 aliphatic rings. The predicted molar refractivity (Wildman–Crippen MR) is 119 cm³/mol. The number of anilines is 1. The molecule has 0 bridgehead atoms. The van der Waals surface area contributed by atoms with Crippen molar-refractivity contribution in [2.24, 2.45) is 0 Å². The third-order valence-electron chi connectivity index (χ3n) is 4.14. The molecule has 0 spiro atoms. The number of aromatic nitrogens is 2. The quantitative estimate of drug-likeness (QED) is 0.430. The number of amides is 1. The van der Waals surface area contributed by atoms with Crippen LogP contribution in [0.5, 0.6) is 5.75 Å². The van der Waals surface area contributed by atoms with Crippen molar-refractivity contribution in [2.75, 3.05) is 17.9 Å². The fourth-order valence-electron chi connectivity index (χ4n) is 2.60. The van der Waals surface area contributed by atoms with Gasteiger partial charge in [-0.1, -0.05) is 23.2 Å². The number of ether oxygens (including phenoxy) is 1. The molecule has 0 aliphatic heterocycles. The molecule has 8 nitrogen and oxygen atoms in total. The molecule has 0 saturated carbocycles. The van der Waals surface area contributed by atoms with Gasteiger partial charge in [0.1, 0.15) is 5.75 Å². The van der Waals surface area contributed by atoms with Gasteiger partial charge in [0.25, 0.3) is 15.9 Å². The Balaban J connectivity index is 1.50. The Labute approximate surface area is 190 Å². The number of carbonyl (C=O) groups is 1. The van der Waals surface area contributed by atoms with Crippen LogP contribution in [0.4, 0.5) is 5.69 Å². The van der Waals surface area contributed by atoms with Gasteiger partial charge >= 0.3 is 0 Å². The highest BCUT2D eigenvalue weighted by molar-refractivity contribution is 7.92. The Morgan fingerprint density at radius 3 is 2.58 bits per heavy atom. The maximum Gasteiger partial charge on any atom is 0.261 e. The molecule has 2 N–H and O–H groups in total. The van der Waals surface area contributed by atoms with E-state index in [0.717, 1.165) is 13.0 Å². The van der Waals surface area contributed by atoms with Crippen molar-refractivity contribution in [3.05, 3.63) is 71.2 Å². The van der Waals surface area contributed by atoms with Crippen molar-refractivity contribution >= 4 is 44.8 Å². The predicted octanol–water partition coefficient (Wildman–Crippen LogP) is 3.58. The van der Waals surface area contributed by atoms with E-state index in [0.29, 0.717) is 17.3 Å². The molecular formula is C20H20Cl2N4O4S. The second-order valence-electron chi connectivity index (χ2n) is 6.50. The first-order chi connectivity index (χ1) is 14.8. The van der Waals surface area contributed by atoms with Crippen molar-refractivity contribution in [3.63, 3.8) is 0 Å². The number of hydrogen-bond donors (Lipinski definition) is 2. The summed E-state index contributed by atoms with van der Waals surface area (Å²) in [5.41, 5.74) is 0.366. The summed E-state index contributed by atoms with van der Waals surface area (Å²) in [6.45, 7) is 0.995. The molecule has 3 rings (SSSR count). The number of sulfonamides is 1. The molecule has 0 unspecified atom stereocenters. The van der Waals surface area contributed by atoms with Crippen molar-refractivity contribution in [1.82, 2.24) is 14.9 Å². The molecule has 1 heterocycles. The minimum Gasteiger partial charge on any atom is -0.482 e. The van der Waals surface area contributed by atoms with Crippen molar-refractivity contribution in [2.45, 2.75) is 17.9 Å². The van der Waals surface area contributed by atoms with Crippen LogP contribution in [0.3, 0.4) is 0 Å². The molecule has 1 aromatic heterocycles. The van der Waals surface area contributed by atoms with Gasteiger partial charge in [-0.25, -0.2) is 13.4 Å². The molecule has 3 aromatic rings. The molecule has 164 valence electrons. The van der Waals surface area contributed by atoms with Crippen LogP contribution in [0.1, 0.15) is 6.42 Å². The van der Waals surface area contributed by atoms with Crippen LogP contribution < -0.4 is 14.8 Å². The minimum atomic E-state index is -3.85. The molecular weight excluding hydrogens is 463 g/mol. The molecule has 11 heteroatoms. The molecule has 1 amide bonds. The van der Waals surface area contributed by atoms with Crippen LogP contribution in [0.25, 0.3) is 0 Å². The van der Waals surface area contributed by atoms with Gasteiger partial charge in [-0.2, -0.15) is 0 Å². The van der Waals surface area contributed by atoms with E-state index in [-0.39, 0.29) is 28.2 Å². The van der Waals surface area contributed by atoms with E-state index in [1.165, 1.54) is 18.2 Å². The monoisotopic (exact) mass is 482 g/mol. The molecule has 2 aromatic carbocycles. The highest BCUT2D eigenvalue weighted by Gasteiger charge is 2.17. The molecule has 0 aliphatic carbocycles. The van der Waals surface area contributed by atoms with E-state index in [1.54, 1.807) is 36.8 Å². The Morgan fingerprint density at radius 1 is 1.13 bits per heavy atom. The lowest BCUT2D eigenvalue weighted by Crippen LogP contribution is -2.30. The minimum absolute atomic E-state index is 0.0382. The maximum atomic E-state index is 12.5. The smallest absolute Gasteiger partial charge is 0.261 e. The Bertz CT molecular complexity index is 1120. The number of halogens is 2. The largest absolute Gasteiger partial charge is 0.482 e. The summed E-state index contributed by atoms with van der Waals surface area (Å²) in [5.74, 6) is -0.0940. The van der Waals surface area contributed by atoms with Gasteiger partial charge in [0.05, 0.1) is 16.2 Å². The average molecular weight is 483 g/mol. The zero-order chi connectivity index (χ0) is 22.3. The van der Waals surface area contributed by atoms with Crippen LogP contribution in [0, 0.1) is 0 Å². The summed E-state index contributed by atoms with van der Waals surface area (Å²) >= 11 is 12.0. The lowest BCUT2D eigenvalue weighted by atomic mass is 10.3. The van der Waals surface area contributed by atoms with E-state index in [2.05, 4.69) is 15.0 Å². The molecule has 0 fully saturated rings. The summed E-state index contributed by atoms with van der Waals surface area (Å²) in [7, 11) is -3.85. The number of aryl methyl sites for hydroxylation is 1. The summed E-state index contributed by atoms with van der Waals surface area (Å²) in [6, 6.07) is 10.3. The van der Waals surface area contributed by atoms with Crippen molar-refractivity contribution in [1.29, 1.82) is 0 Å². The first-order valence-corrected chi connectivity index (χ1v) is 11.5. The summed E-state index contributed by atoms with van der Waals surface area (Å²) in [5, 5.41) is 3.32. The van der Waals surface area contributed by atoms with E-state index in [4.69, 9.17) is 27.9 Å². The van der Waals surface area contributed by atoms with E-state index in [1.807, 2.05) is 10.8 Å². The average Bonchev–Trinajstić information content (AvgIpc) is 3.25. The number of carbonyl (C=O) groups excluding carboxylic acids is 1. The van der Waals surface area contributed by atoms with Gasteiger partial charge in [0.15, 0.2) is 6.61 Å². The standard InChI is InChI=1S/C20H20Cl2N4O4S/c21-15-2-4-16(5-3-15)25-31(28,29)17-6-7-19(18(22)12-17)30-13-20(27)24-8-1-10-26-11-9-23-14-26/h2-7,9,11-12,14,25H,1,8,10,13H2,(H,24,27). The number of imidazole rings is 1. The third-order valence-corrected chi connectivity index (χ3v) is 6.07. The fraction of sp³-hybridized carbons (Fsp3) is 0.200. The van der Waals surface area contributed by atoms with E-state index in [9.17, 15) is 13.2 Å². The Hall–Kier alpha value is -2.75. The van der Waals surface area contributed by atoms with Gasteiger partial charge in [-0.15, -0.1) is 0 Å². The van der Waals surface area contributed by atoms with Crippen LogP contribution in [0.2, 0.25) is 10.0 Å².